The topological polar surface area (TPSA) is 26.0 Å². The Morgan fingerprint density at radius 1 is 1.00 bits per heavy atom. The molecular formula is C16H18FN. The minimum atomic E-state index is -1.49. The molecule has 0 spiro atoms. The van der Waals surface area contributed by atoms with Gasteiger partial charge in [-0.2, -0.15) is 0 Å². The summed E-state index contributed by atoms with van der Waals surface area (Å²) in [6.45, 7) is 2.01. The number of hydrogen-bond acceptors (Lipinski definition) is 1. The fraction of sp³-hybridized carbons (Fsp3) is 0.250. The average molecular weight is 243 g/mol. The molecule has 0 aliphatic heterocycles. The maximum Gasteiger partial charge on any atom is 0.152 e. The number of nitrogens with two attached hydrogens (primary N) is 1. The minimum Gasteiger partial charge on any atom is -0.327 e. The molecule has 2 N–H and O–H groups in total. The summed E-state index contributed by atoms with van der Waals surface area (Å²) in [5.74, 6) is 0. The summed E-state index contributed by atoms with van der Waals surface area (Å²) in [5, 5.41) is 0. The van der Waals surface area contributed by atoms with Crippen molar-refractivity contribution in [2.24, 2.45) is 5.73 Å². The number of hydrogen-bond donors (Lipinski definition) is 1. The molecular weight excluding hydrogens is 225 g/mol. The monoisotopic (exact) mass is 243 g/mol. The van der Waals surface area contributed by atoms with Crippen molar-refractivity contribution in [2.45, 2.75) is 19.0 Å². The Labute approximate surface area is 107 Å². The molecule has 0 fully saturated rings. The van der Waals surface area contributed by atoms with Gasteiger partial charge in [-0.05, 0) is 18.1 Å². The predicted octanol–water partition coefficient (Wildman–Crippen LogP) is 3.36. The molecule has 2 aromatic rings. The van der Waals surface area contributed by atoms with Crippen molar-refractivity contribution >= 4 is 0 Å². The highest BCUT2D eigenvalue weighted by atomic mass is 19.1. The number of aryl methyl sites for hydroxylation is 1. The predicted molar refractivity (Wildman–Crippen MR) is 73.2 cm³/mol. The Morgan fingerprint density at radius 3 is 2.17 bits per heavy atom. The summed E-state index contributed by atoms with van der Waals surface area (Å²) < 4.78 is 14.9. The molecule has 2 heteroatoms. The van der Waals surface area contributed by atoms with E-state index < -0.39 is 5.67 Å². The quantitative estimate of drug-likeness (QED) is 0.875. The number of halogens is 1. The second kappa shape index (κ2) is 5.32. The number of benzene rings is 2. The summed E-state index contributed by atoms with van der Waals surface area (Å²) in [6.07, 6.45) is 0.313. The molecule has 0 aromatic heterocycles. The Kier molecular flexibility index (Phi) is 3.78. The van der Waals surface area contributed by atoms with Gasteiger partial charge in [0.2, 0.25) is 0 Å². The molecule has 1 unspecified atom stereocenters. The highest BCUT2D eigenvalue weighted by Gasteiger charge is 2.30. The third kappa shape index (κ3) is 2.77. The fourth-order valence-corrected chi connectivity index (χ4v) is 2.06. The van der Waals surface area contributed by atoms with Crippen molar-refractivity contribution in [3.63, 3.8) is 0 Å². The van der Waals surface area contributed by atoms with Crippen LogP contribution in [0.3, 0.4) is 0 Å². The second-order valence-corrected chi connectivity index (χ2v) is 4.70. The summed E-state index contributed by atoms with van der Waals surface area (Å²) in [6, 6.07) is 17.1. The molecule has 0 aliphatic rings. The van der Waals surface area contributed by atoms with E-state index in [1.165, 1.54) is 5.56 Å². The first-order chi connectivity index (χ1) is 8.64. The smallest absolute Gasteiger partial charge is 0.152 e. The van der Waals surface area contributed by atoms with E-state index in [-0.39, 0.29) is 6.54 Å². The van der Waals surface area contributed by atoms with Gasteiger partial charge in [0.15, 0.2) is 5.67 Å². The van der Waals surface area contributed by atoms with Crippen LogP contribution in [0.15, 0.2) is 54.6 Å². The second-order valence-electron chi connectivity index (χ2n) is 4.70. The van der Waals surface area contributed by atoms with Crippen LogP contribution in [0, 0.1) is 6.92 Å². The van der Waals surface area contributed by atoms with E-state index in [4.69, 9.17) is 5.73 Å². The Balaban J connectivity index is 2.26. The minimum absolute atomic E-state index is 0.00904. The van der Waals surface area contributed by atoms with Crippen molar-refractivity contribution in [3.05, 3.63) is 71.3 Å². The lowest BCUT2D eigenvalue weighted by atomic mass is 9.89. The van der Waals surface area contributed by atoms with Gasteiger partial charge in [-0.25, -0.2) is 4.39 Å². The summed E-state index contributed by atoms with van der Waals surface area (Å²) in [5.41, 5.74) is 6.94. The van der Waals surface area contributed by atoms with Crippen LogP contribution in [0.25, 0.3) is 0 Å². The summed E-state index contributed by atoms with van der Waals surface area (Å²) in [7, 11) is 0. The van der Waals surface area contributed by atoms with E-state index in [2.05, 4.69) is 0 Å². The zero-order valence-corrected chi connectivity index (χ0v) is 10.6. The lowest BCUT2D eigenvalue weighted by molar-refractivity contribution is 0.175. The molecule has 18 heavy (non-hydrogen) atoms. The maximum atomic E-state index is 14.9. The molecule has 94 valence electrons. The number of alkyl halides is 1. The van der Waals surface area contributed by atoms with Crippen LogP contribution in [0.2, 0.25) is 0 Å². The number of rotatable bonds is 4. The maximum absolute atomic E-state index is 14.9. The van der Waals surface area contributed by atoms with Crippen molar-refractivity contribution in [1.29, 1.82) is 0 Å². The highest BCUT2D eigenvalue weighted by Crippen LogP contribution is 2.29. The molecule has 0 amide bonds. The molecule has 0 radical (unpaired) electrons. The standard InChI is InChI=1S/C16H18FN/c1-13-7-9-14(10-8-13)11-16(17,12-18)15-5-3-2-4-6-15/h2-10H,11-12,18H2,1H3. The van der Waals surface area contributed by atoms with E-state index in [1.54, 1.807) is 12.1 Å². The van der Waals surface area contributed by atoms with Crippen molar-refractivity contribution in [2.75, 3.05) is 6.54 Å². The van der Waals surface area contributed by atoms with Crippen LogP contribution in [-0.2, 0) is 12.1 Å². The highest BCUT2D eigenvalue weighted by molar-refractivity contribution is 5.29. The first-order valence-electron chi connectivity index (χ1n) is 6.14. The van der Waals surface area contributed by atoms with Gasteiger partial charge in [0, 0.05) is 13.0 Å². The largest absolute Gasteiger partial charge is 0.327 e. The van der Waals surface area contributed by atoms with Gasteiger partial charge in [-0.3, -0.25) is 0 Å². The van der Waals surface area contributed by atoms with Gasteiger partial charge in [-0.1, -0.05) is 60.2 Å². The van der Waals surface area contributed by atoms with Crippen molar-refractivity contribution < 1.29 is 4.39 Å². The first-order valence-corrected chi connectivity index (χ1v) is 6.14. The van der Waals surface area contributed by atoms with Gasteiger partial charge >= 0.3 is 0 Å². The molecule has 1 nitrogen and oxygen atoms in total. The molecule has 0 saturated carbocycles. The third-order valence-corrected chi connectivity index (χ3v) is 3.22. The van der Waals surface area contributed by atoms with E-state index in [9.17, 15) is 4.39 Å². The molecule has 0 bridgehead atoms. The molecule has 0 aliphatic carbocycles. The van der Waals surface area contributed by atoms with Crippen LogP contribution in [0.1, 0.15) is 16.7 Å². The molecule has 2 aromatic carbocycles. The lowest BCUT2D eigenvalue weighted by Gasteiger charge is -2.24. The van der Waals surface area contributed by atoms with Gasteiger partial charge in [-0.15, -0.1) is 0 Å². The van der Waals surface area contributed by atoms with Crippen LogP contribution in [-0.4, -0.2) is 6.54 Å². The Hall–Kier alpha value is -1.67. The average Bonchev–Trinajstić information content (AvgIpc) is 2.42. The van der Waals surface area contributed by atoms with Crippen LogP contribution < -0.4 is 5.73 Å². The first kappa shape index (κ1) is 12.8. The van der Waals surface area contributed by atoms with Crippen LogP contribution in [0.4, 0.5) is 4.39 Å². The Bertz CT molecular complexity index is 492. The van der Waals surface area contributed by atoms with E-state index in [1.807, 2.05) is 49.4 Å². The van der Waals surface area contributed by atoms with Crippen molar-refractivity contribution in [1.82, 2.24) is 0 Å². The fourth-order valence-electron chi connectivity index (χ4n) is 2.06. The molecule has 2 rings (SSSR count). The Morgan fingerprint density at radius 2 is 1.61 bits per heavy atom. The molecule has 0 heterocycles. The normalized spacial score (nSPS) is 14.2. The van der Waals surface area contributed by atoms with Gasteiger partial charge in [0.1, 0.15) is 0 Å². The van der Waals surface area contributed by atoms with Crippen LogP contribution >= 0.6 is 0 Å². The zero-order chi connectivity index (χ0) is 13.0. The SMILES string of the molecule is Cc1ccc(CC(F)(CN)c2ccccc2)cc1. The van der Waals surface area contributed by atoms with E-state index in [0.717, 1.165) is 5.56 Å². The summed E-state index contributed by atoms with van der Waals surface area (Å²) in [4.78, 5) is 0. The lowest BCUT2D eigenvalue weighted by Crippen LogP contribution is -2.32. The van der Waals surface area contributed by atoms with Crippen LogP contribution in [0.5, 0.6) is 0 Å². The van der Waals surface area contributed by atoms with Crippen molar-refractivity contribution in [3.8, 4) is 0 Å². The van der Waals surface area contributed by atoms with Gasteiger partial charge in [0.25, 0.3) is 0 Å². The van der Waals surface area contributed by atoms with Gasteiger partial charge < -0.3 is 5.73 Å². The summed E-state index contributed by atoms with van der Waals surface area (Å²) >= 11 is 0. The van der Waals surface area contributed by atoms with Gasteiger partial charge in [0.05, 0.1) is 0 Å². The zero-order valence-electron chi connectivity index (χ0n) is 10.6. The van der Waals surface area contributed by atoms with E-state index in [0.29, 0.717) is 12.0 Å². The van der Waals surface area contributed by atoms with E-state index >= 15 is 0 Å². The molecule has 1 atom stereocenters. The third-order valence-electron chi connectivity index (χ3n) is 3.22. The molecule has 0 saturated heterocycles.